The highest BCUT2D eigenvalue weighted by molar-refractivity contribution is 5.69. The van der Waals surface area contributed by atoms with Crippen molar-refractivity contribution in [1.82, 2.24) is 0 Å². The average Bonchev–Trinajstić information content (AvgIpc) is 2.86. The van der Waals surface area contributed by atoms with E-state index in [1.807, 2.05) is 0 Å². The van der Waals surface area contributed by atoms with Crippen molar-refractivity contribution in [2.45, 2.75) is 176 Å². The van der Waals surface area contributed by atoms with Gasteiger partial charge in [-0.25, -0.2) is 0 Å². The van der Waals surface area contributed by atoms with Crippen LogP contribution in [-0.2, 0) is 19.1 Å². The molecule has 226 valence electrons. The Bertz CT molecular complexity index is 529. The van der Waals surface area contributed by atoms with Gasteiger partial charge in [0.25, 0.3) is 0 Å². The third-order valence-electron chi connectivity index (χ3n) is 7.55. The summed E-state index contributed by atoms with van der Waals surface area (Å²) in [7, 11) is 0. The minimum atomic E-state index is -0.00986. The van der Waals surface area contributed by atoms with E-state index >= 15 is 0 Å². The molecule has 0 aliphatic heterocycles. The number of hydrogen-bond donors (Lipinski definition) is 0. The van der Waals surface area contributed by atoms with E-state index in [4.69, 9.17) is 9.47 Å². The van der Waals surface area contributed by atoms with Gasteiger partial charge in [-0.15, -0.1) is 0 Å². The highest BCUT2D eigenvalue weighted by Gasteiger charge is 2.08. The van der Waals surface area contributed by atoms with Gasteiger partial charge in [-0.05, 0) is 56.3 Å². The second kappa shape index (κ2) is 27.5. The van der Waals surface area contributed by atoms with Gasteiger partial charge < -0.3 is 9.47 Å². The van der Waals surface area contributed by atoms with Gasteiger partial charge in [0.05, 0.1) is 13.2 Å². The van der Waals surface area contributed by atoms with Crippen molar-refractivity contribution in [1.29, 1.82) is 0 Å². The van der Waals surface area contributed by atoms with Crippen molar-refractivity contribution in [2.24, 2.45) is 17.8 Å². The van der Waals surface area contributed by atoms with Crippen molar-refractivity contribution in [2.75, 3.05) is 13.2 Å². The summed E-state index contributed by atoms with van der Waals surface area (Å²) in [6.45, 7) is 12.4. The molecule has 0 radical (unpaired) electrons. The number of hydrogen-bond acceptors (Lipinski definition) is 4. The topological polar surface area (TPSA) is 52.6 Å². The molecule has 0 aliphatic carbocycles. The van der Waals surface area contributed by atoms with E-state index in [9.17, 15) is 9.59 Å². The molecule has 0 aromatic heterocycles. The Kier molecular flexibility index (Phi) is 26.7. The van der Waals surface area contributed by atoms with Crippen LogP contribution in [0.4, 0.5) is 0 Å². The van der Waals surface area contributed by atoms with Gasteiger partial charge in [0.2, 0.25) is 0 Å². The Hall–Kier alpha value is -1.06. The predicted molar refractivity (Wildman–Crippen MR) is 162 cm³/mol. The smallest absolute Gasteiger partial charge is 0.305 e. The van der Waals surface area contributed by atoms with E-state index < -0.39 is 0 Å². The van der Waals surface area contributed by atoms with Crippen LogP contribution in [0.5, 0.6) is 0 Å². The summed E-state index contributed by atoms with van der Waals surface area (Å²) < 4.78 is 10.7. The summed E-state index contributed by atoms with van der Waals surface area (Å²) >= 11 is 0. The molecule has 4 heteroatoms. The normalized spacial score (nSPS) is 12.3. The molecule has 0 aromatic rings. The van der Waals surface area contributed by atoms with Gasteiger partial charge in [0.1, 0.15) is 0 Å². The highest BCUT2D eigenvalue weighted by Crippen LogP contribution is 2.18. The first-order valence-electron chi connectivity index (χ1n) is 16.6. The van der Waals surface area contributed by atoms with Crippen molar-refractivity contribution < 1.29 is 19.1 Å². The summed E-state index contributed by atoms with van der Waals surface area (Å²) in [5, 5.41) is 0. The van der Waals surface area contributed by atoms with Crippen LogP contribution < -0.4 is 0 Å². The van der Waals surface area contributed by atoms with Crippen molar-refractivity contribution in [3.05, 3.63) is 0 Å². The third-order valence-corrected chi connectivity index (χ3v) is 7.55. The number of esters is 2. The maximum absolute atomic E-state index is 11.9. The monoisotopic (exact) mass is 538 g/mol. The molecule has 0 spiro atoms. The zero-order valence-electron chi connectivity index (χ0n) is 26.3. The van der Waals surface area contributed by atoms with Crippen LogP contribution in [0, 0.1) is 17.8 Å². The minimum Gasteiger partial charge on any atom is -0.466 e. The SMILES string of the molecule is CC(C)CCCCOC(=O)CCCCCCCCCCCCCCC(C)CCC(=O)OCCCCC(C)C. The molecule has 0 fully saturated rings. The first kappa shape index (κ1) is 36.9. The molecule has 0 rings (SSSR count). The van der Waals surface area contributed by atoms with Gasteiger partial charge in [-0.2, -0.15) is 0 Å². The summed E-state index contributed by atoms with van der Waals surface area (Å²) in [6.07, 6.45) is 25.5. The fourth-order valence-corrected chi connectivity index (χ4v) is 4.86. The predicted octanol–water partition coefficient (Wildman–Crippen LogP) is 10.6. The molecular weight excluding hydrogens is 472 g/mol. The lowest BCUT2D eigenvalue weighted by molar-refractivity contribution is -0.145. The van der Waals surface area contributed by atoms with E-state index in [0.717, 1.165) is 56.8 Å². The number of ether oxygens (including phenoxy) is 2. The Balaban J connectivity index is 3.31. The summed E-state index contributed by atoms with van der Waals surface area (Å²) in [4.78, 5) is 23.6. The van der Waals surface area contributed by atoms with Crippen LogP contribution in [0.25, 0.3) is 0 Å². The number of carbonyl (C=O) groups is 2. The summed E-state index contributed by atoms with van der Waals surface area (Å²) in [6, 6.07) is 0. The molecule has 0 bridgehead atoms. The van der Waals surface area contributed by atoms with E-state index in [2.05, 4.69) is 34.6 Å². The number of carbonyl (C=O) groups excluding carboxylic acids is 2. The van der Waals surface area contributed by atoms with Crippen molar-refractivity contribution in [3.63, 3.8) is 0 Å². The van der Waals surface area contributed by atoms with Gasteiger partial charge in [0, 0.05) is 12.8 Å². The molecular formula is C34H66O4. The molecule has 38 heavy (non-hydrogen) atoms. The van der Waals surface area contributed by atoms with Crippen LogP contribution in [-0.4, -0.2) is 25.2 Å². The Morgan fingerprint density at radius 3 is 1.24 bits per heavy atom. The summed E-state index contributed by atoms with van der Waals surface area (Å²) in [5.41, 5.74) is 0. The molecule has 0 aromatic carbocycles. The van der Waals surface area contributed by atoms with Crippen molar-refractivity contribution in [3.8, 4) is 0 Å². The standard InChI is InChI=1S/C34H66O4/c1-30(2)22-18-20-28-37-33(35)25-17-15-13-11-9-7-6-8-10-12-14-16-24-32(5)26-27-34(36)38-29-21-19-23-31(3)4/h30-32H,6-29H2,1-5H3. The maximum Gasteiger partial charge on any atom is 0.305 e. The lowest BCUT2D eigenvalue weighted by Gasteiger charge is -2.11. The lowest BCUT2D eigenvalue weighted by atomic mass is 9.97. The Morgan fingerprint density at radius 1 is 0.421 bits per heavy atom. The first-order valence-corrected chi connectivity index (χ1v) is 16.6. The molecule has 0 saturated heterocycles. The second-order valence-corrected chi connectivity index (χ2v) is 12.6. The zero-order valence-corrected chi connectivity index (χ0v) is 26.3. The third kappa shape index (κ3) is 29.5. The molecule has 0 N–H and O–H groups in total. The van der Waals surface area contributed by atoms with Gasteiger partial charge in [-0.1, -0.05) is 125 Å². The highest BCUT2D eigenvalue weighted by atomic mass is 16.5. The molecule has 4 nitrogen and oxygen atoms in total. The van der Waals surface area contributed by atoms with Gasteiger partial charge in [0.15, 0.2) is 0 Å². The van der Waals surface area contributed by atoms with Crippen molar-refractivity contribution >= 4 is 11.9 Å². The van der Waals surface area contributed by atoms with Crippen LogP contribution in [0.3, 0.4) is 0 Å². The molecule has 0 heterocycles. The second-order valence-electron chi connectivity index (χ2n) is 12.6. The fraction of sp³-hybridized carbons (Fsp3) is 0.941. The maximum atomic E-state index is 11.9. The fourth-order valence-electron chi connectivity index (χ4n) is 4.86. The van der Waals surface area contributed by atoms with Crippen LogP contribution in [0.15, 0.2) is 0 Å². The zero-order chi connectivity index (χ0) is 28.3. The van der Waals surface area contributed by atoms with E-state index in [1.54, 1.807) is 0 Å². The van der Waals surface area contributed by atoms with Crippen LogP contribution in [0.1, 0.15) is 176 Å². The van der Waals surface area contributed by atoms with Gasteiger partial charge >= 0.3 is 11.9 Å². The van der Waals surface area contributed by atoms with E-state index in [-0.39, 0.29) is 11.9 Å². The van der Waals surface area contributed by atoms with E-state index in [0.29, 0.717) is 32.0 Å². The average molecular weight is 539 g/mol. The lowest BCUT2D eigenvalue weighted by Crippen LogP contribution is -2.08. The number of rotatable bonds is 28. The molecule has 0 aliphatic rings. The van der Waals surface area contributed by atoms with E-state index in [1.165, 1.54) is 83.5 Å². The minimum absolute atomic E-state index is 0.00745. The van der Waals surface area contributed by atoms with Gasteiger partial charge in [-0.3, -0.25) is 9.59 Å². The Morgan fingerprint density at radius 2 is 0.789 bits per heavy atom. The molecule has 1 unspecified atom stereocenters. The molecule has 0 amide bonds. The first-order chi connectivity index (χ1) is 18.3. The van der Waals surface area contributed by atoms with Crippen LogP contribution >= 0.6 is 0 Å². The molecule has 0 saturated carbocycles. The quantitative estimate of drug-likeness (QED) is 0.0734. The number of unbranched alkanes of at least 4 members (excludes halogenated alkanes) is 13. The largest absolute Gasteiger partial charge is 0.466 e. The molecule has 1 atom stereocenters. The summed E-state index contributed by atoms with van der Waals surface area (Å²) in [5.74, 6) is 2.07. The van der Waals surface area contributed by atoms with Crippen LogP contribution in [0.2, 0.25) is 0 Å². The Labute approximate surface area is 237 Å².